The first kappa shape index (κ1) is 13.9. The van der Waals surface area contributed by atoms with Crippen LogP contribution in [0.5, 0.6) is 0 Å². The number of anilines is 2. The Morgan fingerprint density at radius 2 is 1.90 bits per heavy atom. The highest BCUT2D eigenvalue weighted by atomic mass is 32.2. The van der Waals surface area contributed by atoms with Gasteiger partial charge in [-0.3, -0.25) is 4.72 Å². The van der Waals surface area contributed by atoms with Crippen LogP contribution in [0.1, 0.15) is 5.56 Å². The van der Waals surface area contributed by atoms with E-state index < -0.39 is 10.0 Å². The molecule has 0 amide bonds. The van der Waals surface area contributed by atoms with E-state index in [9.17, 15) is 8.42 Å². The van der Waals surface area contributed by atoms with Crippen molar-refractivity contribution in [3.05, 3.63) is 53.4 Å². The average Bonchev–Trinajstić information content (AvgIpc) is 2.84. The van der Waals surface area contributed by atoms with E-state index in [4.69, 9.17) is 5.73 Å². The molecule has 21 heavy (non-hydrogen) atoms. The first-order chi connectivity index (χ1) is 9.94. The van der Waals surface area contributed by atoms with Gasteiger partial charge in [0.05, 0.1) is 4.90 Å². The number of sulfonamides is 1. The van der Waals surface area contributed by atoms with Gasteiger partial charge in [0.2, 0.25) is 0 Å². The number of benzene rings is 2. The van der Waals surface area contributed by atoms with Gasteiger partial charge in [0.25, 0.3) is 10.0 Å². The van der Waals surface area contributed by atoms with Crippen LogP contribution in [0, 0.1) is 6.92 Å². The highest BCUT2D eigenvalue weighted by molar-refractivity contribution is 7.92. The summed E-state index contributed by atoms with van der Waals surface area (Å²) in [6.45, 7) is 1.81. The lowest BCUT2D eigenvalue weighted by atomic mass is 10.2. The van der Waals surface area contributed by atoms with Crippen molar-refractivity contribution in [3.8, 4) is 0 Å². The van der Waals surface area contributed by atoms with Crippen molar-refractivity contribution in [1.82, 2.24) is 0 Å². The smallest absolute Gasteiger partial charge is 0.261 e. The predicted octanol–water partition coefficient (Wildman–Crippen LogP) is 3.59. The molecular formula is C15H14N2O2S2. The van der Waals surface area contributed by atoms with Crippen molar-refractivity contribution in [2.75, 3.05) is 10.5 Å². The van der Waals surface area contributed by atoms with Crippen molar-refractivity contribution in [2.45, 2.75) is 11.8 Å². The van der Waals surface area contributed by atoms with Gasteiger partial charge in [-0.25, -0.2) is 8.42 Å². The second-order valence-electron chi connectivity index (χ2n) is 4.86. The minimum absolute atomic E-state index is 0.172. The number of hydrogen-bond acceptors (Lipinski definition) is 4. The second kappa shape index (κ2) is 5.05. The SMILES string of the molecule is Cc1cc(N)cc(S(=O)(=O)Nc2ccc3sccc3c2)c1. The molecule has 0 saturated heterocycles. The van der Waals surface area contributed by atoms with Gasteiger partial charge in [0.15, 0.2) is 0 Å². The number of nitrogen functional groups attached to an aromatic ring is 1. The maximum Gasteiger partial charge on any atom is 0.261 e. The zero-order valence-electron chi connectivity index (χ0n) is 11.3. The quantitative estimate of drug-likeness (QED) is 0.725. The van der Waals surface area contributed by atoms with E-state index in [0.29, 0.717) is 11.4 Å². The van der Waals surface area contributed by atoms with Gasteiger partial charge in [0, 0.05) is 16.1 Å². The Hall–Kier alpha value is -2.05. The lowest BCUT2D eigenvalue weighted by Gasteiger charge is -2.09. The fourth-order valence-electron chi connectivity index (χ4n) is 2.18. The molecule has 3 N–H and O–H groups in total. The molecule has 6 heteroatoms. The van der Waals surface area contributed by atoms with Gasteiger partial charge in [-0.15, -0.1) is 11.3 Å². The first-order valence-electron chi connectivity index (χ1n) is 6.31. The summed E-state index contributed by atoms with van der Waals surface area (Å²) in [5.74, 6) is 0. The van der Waals surface area contributed by atoms with Gasteiger partial charge >= 0.3 is 0 Å². The number of hydrogen-bond donors (Lipinski definition) is 2. The monoisotopic (exact) mass is 318 g/mol. The van der Waals surface area contributed by atoms with Crippen LogP contribution in [0.25, 0.3) is 10.1 Å². The molecule has 0 aliphatic rings. The second-order valence-corrected chi connectivity index (χ2v) is 7.49. The Kier molecular flexibility index (Phi) is 3.35. The number of thiophene rings is 1. The molecule has 1 aromatic heterocycles. The molecule has 0 bridgehead atoms. The summed E-state index contributed by atoms with van der Waals surface area (Å²) in [6, 6.07) is 12.2. The van der Waals surface area contributed by atoms with Crippen molar-refractivity contribution in [1.29, 1.82) is 0 Å². The summed E-state index contributed by atoms with van der Waals surface area (Å²) in [7, 11) is -3.64. The van der Waals surface area contributed by atoms with E-state index in [0.717, 1.165) is 15.6 Å². The average molecular weight is 318 g/mol. The molecule has 1 heterocycles. The van der Waals surface area contributed by atoms with Crippen molar-refractivity contribution in [3.63, 3.8) is 0 Å². The molecule has 0 aliphatic carbocycles. The Morgan fingerprint density at radius 1 is 1.10 bits per heavy atom. The molecule has 0 radical (unpaired) electrons. The summed E-state index contributed by atoms with van der Waals surface area (Å²) in [6.07, 6.45) is 0. The largest absolute Gasteiger partial charge is 0.399 e. The standard InChI is InChI=1S/C15H14N2O2S2/c1-10-6-12(16)9-14(7-10)21(18,19)17-13-2-3-15-11(8-13)4-5-20-15/h2-9,17H,16H2,1H3. The summed E-state index contributed by atoms with van der Waals surface area (Å²) in [4.78, 5) is 0.172. The lowest BCUT2D eigenvalue weighted by Crippen LogP contribution is -2.13. The van der Waals surface area contributed by atoms with E-state index in [2.05, 4.69) is 4.72 Å². The van der Waals surface area contributed by atoms with E-state index in [1.54, 1.807) is 29.5 Å². The Labute approximate surface area is 127 Å². The third-order valence-corrected chi connectivity index (χ3v) is 5.35. The third-order valence-electron chi connectivity index (χ3n) is 3.09. The molecular weight excluding hydrogens is 304 g/mol. The Morgan fingerprint density at radius 3 is 2.67 bits per heavy atom. The molecule has 0 spiro atoms. The number of fused-ring (bicyclic) bond motifs is 1. The number of aryl methyl sites for hydroxylation is 1. The first-order valence-corrected chi connectivity index (χ1v) is 8.67. The number of nitrogens with two attached hydrogens (primary N) is 1. The molecule has 0 aliphatic heterocycles. The van der Waals surface area contributed by atoms with E-state index in [1.807, 2.05) is 30.5 Å². The van der Waals surface area contributed by atoms with Gasteiger partial charge in [0.1, 0.15) is 0 Å². The van der Waals surface area contributed by atoms with E-state index in [1.165, 1.54) is 6.07 Å². The minimum atomic E-state index is -3.64. The van der Waals surface area contributed by atoms with Gasteiger partial charge < -0.3 is 5.73 Å². The molecule has 0 fully saturated rings. The van der Waals surface area contributed by atoms with Crippen molar-refractivity contribution >= 4 is 42.8 Å². The molecule has 2 aromatic carbocycles. The van der Waals surface area contributed by atoms with E-state index >= 15 is 0 Å². The Bertz CT molecular complexity index is 894. The van der Waals surface area contributed by atoms with Crippen LogP contribution in [0.4, 0.5) is 11.4 Å². The molecule has 0 saturated carbocycles. The highest BCUT2D eigenvalue weighted by Crippen LogP contribution is 2.26. The van der Waals surface area contributed by atoms with Crippen LogP contribution < -0.4 is 10.5 Å². The molecule has 108 valence electrons. The predicted molar refractivity (Wildman–Crippen MR) is 88.2 cm³/mol. The third kappa shape index (κ3) is 2.86. The molecule has 3 aromatic rings. The van der Waals surface area contributed by atoms with E-state index in [-0.39, 0.29) is 4.90 Å². The Balaban J connectivity index is 1.98. The number of rotatable bonds is 3. The fourth-order valence-corrected chi connectivity index (χ4v) is 4.13. The van der Waals surface area contributed by atoms with Crippen molar-refractivity contribution < 1.29 is 8.42 Å². The maximum absolute atomic E-state index is 12.4. The summed E-state index contributed by atoms with van der Waals surface area (Å²) in [5.41, 5.74) is 7.50. The van der Waals surface area contributed by atoms with Crippen LogP contribution in [-0.2, 0) is 10.0 Å². The lowest BCUT2D eigenvalue weighted by molar-refractivity contribution is 0.601. The van der Waals surface area contributed by atoms with Crippen LogP contribution in [0.3, 0.4) is 0 Å². The van der Waals surface area contributed by atoms with Crippen LogP contribution in [-0.4, -0.2) is 8.42 Å². The fraction of sp³-hybridized carbons (Fsp3) is 0.0667. The summed E-state index contributed by atoms with van der Waals surface area (Å²) < 4.78 is 28.5. The van der Waals surface area contributed by atoms with Gasteiger partial charge in [-0.2, -0.15) is 0 Å². The van der Waals surface area contributed by atoms with Gasteiger partial charge in [-0.05, 0) is 65.7 Å². The molecule has 3 rings (SSSR count). The van der Waals surface area contributed by atoms with Crippen LogP contribution >= 0.6 is 11.3 Å². The summed E-state index contributed by atoms with van der Waals surface area (Å²) in [5, 5.41) is 2.99. The molecule has 0 unspecified atom stereocenters. The molecule has 0 atom stereocenters. The zero-order valence-corrected chi connectivity index (χ0v) is 13.0. The normalized spacial score (nSPS) is 11.7. The minimum Gasteiger partial charge on any atom is -0.399 e. The van der Waals surface area contributed by atoms with Crippen molar-refractivity contribution in [2.24, 2.45) is 0 Å². The zero-order chi connectivity index (χ0) is 15.0. The topological polar surface area (TPSA) is 72.2 Å². The maximum atomic E-state index is 12.4. The van der Waals surface area contributed by atoms with Crippen LogP contribution in [0.15, 0.2) is 52.7 Å². The van der Waals surface area contributed by atoms with Crippen LogP contribution in [0.2, 0.25) is 0 Å². The summed E-state index contributed by atoms with van der Waals surface area (Å²) >= 11 is 1.62. The van der Waals surface area contributed by atoms with Gasteiger partial charge in [-0.1, -0.05) is 0 Å². The number of nitrogens with one attached hydrogen (secondary N) is 1. The highest BCUT2D eigenvalue weighted by Gasteiger charge is 2.15. The molecule has 4 nitrogen and oxygen atoms in total.